The Morgan fingerprint density at radius 3 is 0.642 bits per heavy atom. The van der Waals surface area contributed by atoms with Crippen molar-refractivity contribution in [2.45, 2.75) is 424 Å². The standard InChI is InChI=1S/C105H178O16P2/c1-4-7-10-13-16-19-22-25-28-31-34-36-38-40-42-44-46-48-49-51-53-54-56-58-60-62-65-67-70-73-76-79-82-85-88-91-103(108)115-94-100(106)95-117-122(111,112)118-96-101(107)97-119-123(113,114)120-99-102(121-105(110)93-90-87-84-81-78-75-72-69-64-33-30-27-24-21-18-15-12-9-6-3)98-116-104(109)92-89-86-83-80-77-74-71-68-66-63-61-59-57-55-52-50-47-45-43-41-39-37-35-32-29-26-23-20-17-14-11-8-5-2/h7-12,16-21,25-30,34-37,40-43,47,50,64,69,100-102,106-107H,4-6,13-15,22-24,31-33,38-39,44-46,48-49,51-63,65-68,70-99H2,1-3H3,(H,111,112)(H,113,114)/b10-7-,11-8-,12-9-,19-16-,20-17-,21-18-,28-25-,29-26-,30-27-,36-34-,37-35-,42-40-,43-41-,50-47-,69-64-. The number of hydrogen-bond donors (Lipinski definition) is 4. The third-order valence-corrected chi connectivity index (χ3v) is 22.5. The Balaban J connectivity index is 4.50. The number of allylic oxidation sites excluding steroid dienone is 30. The van der Waals surface area contributed by atoms with E-state index >= 15 is 0 Å². The molecule has 4 N–H and O–H groups in total. The van der Waals surface area contributed by atoms with Gasteiger partial charge >= 0.3 is 33.6 Å². The maximum Gasteiger partial charge on any atom is 0.472 e. The molecule has 0 fully saturated rings. The van der Waals surface area contributed by atoms with Crippen molar-refractivity contribution in [1.29, 1.82) is 0 Å². The Labute approximate surface area is 751 Å². The van der Waals surface area contributed by atoms with E-state index in [1.165, 1.54) is 161 Å². The molecule has 0 aromatic rings. The number of phosphoric ester groups is 2. The first kappa shape index (κ1) is 118. The second kappa shape index (κ2) is 95.7. The molecule has 0 saturated carbocycles. The largest absolute Gasteiger partial charge is 0.472 e. The van der Waals surface area contributed by atoms with Gasteiger partial charge in [0, 0.05) is 19.3 Å². The molecule has 0 rings (SSSR count). The molecule has 0 aliphatic heterocycles. The van der Waals surface area contributed by atoms with E-state index in [0.717, 1.165) is 186 Å². The van der Waals surface area contributed by atoms with Crippen LogP contribution >= 0.6 is 15.6 Å². The predicted molar refractivity (Wildman–Crippen MR) is 518 cm³/mol. The summed E-state index contributed by atoms with van der Waals surface area (Å²) < 4.78 is 61.6. The highest BCUT2D eigenvalue weighted by atomic mass is 31.2. The molecule has 0 radical (unpaired) electrons. The van der Waals surface area contributed by atoms with E-state index in [9.17, 15) is 43.5 Å². The maximum atomic E-state index is 13.1. The Morgan fingerprint density at radius 2 is 0.407 bits per heavy atom. The van der Waals surface area contributed by atoms with Crippen molar-refractivity contribution >= 4 is 33.6 Å². The molecule has 0 saturated heterocycles. The van der Waals surface area contributed by atoms with Gasteiger partial charge in [0.1, 0.15) is 25.4 Å². The summed E-state index contributed by atoms with van der Waals surface area (Å²) in [6, 6.07) is 0. The fourth-order valence-corrected chi connectivity index (χ4v) is 14.9. The number of esters is 3. The van der Waals surface area contributed by atoms with Crippen molar-refractivity contribution in [1.82, 2.24) is 0 Å². The highest BCUT2D eigenvalue weighted by Crippen LogP contribution is 2.45. The van der Waals surface area contributed by atoms with E-state index < -0.39 is 91.5 Å². The van der Waals surface area contributed by atoms with Gasteiger partial charge < -0.3 is 34.2 Å². The fraction of sp³-hybridized carbons (Fsp3) is 0.686. The number of aliphatic hydroxyl groups excluding tert-OH is 2. The first-order valence-corrected chi connectivity index (χ1v) is 52.1. The summed E-state index contributed by atoms with van der Waals surface area (Å²) in [5.41, 5.74) is 0. The zero-order valence-corrected chi connectivity index (χ0v) is 79.6. The van der Waals surface area contributed by atoms with Gasteiger partial charge in [-0.1, -0.05) is 415 Å². The van der Waals surface area contributed by atoms with Crippen LogP contribution in [0.4, 0.5) is 0 Å². The average molecular weight is 1760 g/mol. The molecule has 704 valence electrons. The molecule has 123 heavy (non-hydrogen) atoms. The lowest BCUT2D eigenvalue weighted by atomic mass is 10.0. The van der Waals surface area contributed by atoms with Crippen LogP contribution in [0, 0.1) is 0 Å². The molecule has 0 aliphatic rings. The number of hydrogen-bond acceptors (Lipinski definition) is 14. The van der Waals surface area contributed by atoms with Crippen molar-refractivity contribution in [2.75, 3.05) is 39.6 Å². The number of carbonyl (C=O) groups excluding carboxylic acids is 3. The summed E-state index contributed by atoms with van der Waals surface area (Å²) in [6.07, 6.45) is 127. The summed E-state index contributed by atoms with van der Waals surface area (Å²) in [6.45, 7) is 2.38. The molecule has 5 atom stereocenters. The van der Waals surface area contributed by atoms with Gasteiger partial charge in [-0.3, -0.25) is 32.5 Å². The Bertz CT molecular complexity index is 2970. The second-order valence-corrected chi connectivity index (χ2v) is 35.3. The van der Waals surface area contributed by atoms with E-state index in [4.69, 9.17) is 32.3 Å². The van der Waals surface area contributed by atoms with Gasteiger partial charge in [0.15, 0.2) is 6.10 Å². The highest BCUT2D eigenvalue weighted by Gasteiger charge is 2.30. The summed E-state index contributed by atoms with van der Waals surface area (Å²) in [7, 11) is -9.82. The summed E-state index contributed by atoms with van der Waals surface area (Å²) in [4.78, 5) is 59.1. The van der Waals surface area contributed by atoms with Crippen molar-refractivity contribution < 1.29 is 75.8 Å². The van der Waals surface area contributed by atoms with E-state index in [2.05, 4.69) is 203 Å². The van der Waals surface area contributed by atoms with Gasteiger partial charge in [-0.05, 0) is 154 Å². The van der Waals surface area contributed by atoms with Crippen LogP contribution in [0.1, 0.15) is 406 Å². The van der Waals surface area contributed by atoms with Crippen molar-refractivity contribution in [2.24, 2.45) is 0 Å². The van der Waals surface area contributed by atoms with Crippen LogP contribution < -0.4 is 0 Å². The lowest BCUT2D eigenvalue weighted by Crippen LogP contribution is -2.30. The zero-order chi connectivity index (χ0) is 89.3. The van der Waals surface area contributed by atoms with Crippen molar-refractivity contribution in [3.05, 3.63) is 182 Å². The number of carbonyl (C=O) groups is 3. The normalized spacial score (nSPS) is 14.5. The minimum atomic E-state index is -4.95. The monoisotopic (exact) mass is 1760 g/mol. The van der Waals surface area contributed by atoms with Crippen LogP contribution in [0.25, 0.3) is 0 Å². The van der Waals surface area contributed by atoms with Crippen molar-refractivity contribution in [3.63, 3.8) is 0 Å². The molecule has 0 aromatic heterocycles. The quantitative estimate of drug-likeness (QED) is 0.0146. The maximum absolute atomic E-state index is 13.1. The van der Waals surface area contributed by atoms with Crippen molar-refractivity contribution in [3.8, 4) is 0 Å². The summed E-state index contributed by atoms with van der Waals surface area (Å²) in [5.74, 6) is -1.58. The molecule has 5 unspecified atom stereocenters. The minimum Gasteiger partial charge on any atom is -0.463 e. The smallest absolute Gasteiger partial charge is 0.463 e. The average Bonchev–Trinajstić information content (AvgIpc) is 0.898. The van der Waals surface area contributed by atoms with Crippen LogP contribution in [-0.4, -0.2) is 95.9 Å². The third-order valence-electron chi connectivity index (χ3n) is 20.6. The SMILES string of the molecule is CC/C=C\C/C=C\C/C=C\C/C=C\C/C=C\C/C=C\CCCCCCCCCCCCCCCCC(=O)OCC(COP(=O)(O)OCC(O)COP(=O)(O)OCC(O)COC(=O)CCCCCCCCCCCCCCCCCCCCC/C=C\C/C=C\C/C=C\C/C=C\C/C=C\CC)OC(=O)CCCCCCCC/C=C\C/C=C\C/C=C\C/C=C\CC. The molecule has 0 amide bonds. The topological polar surface area (TPSA) is 231 Å². The second-order valence-electron chi connectivity index (χ2n) is 32.4. The number of unbranched alkanes of at least 4 members (excludes halogenated alkanes) is 39. The van der Waals surface area contributed by atoms with Gasteiger partial charge in [-0.2, -0.15) is 0 Å². The number of aliphatic hydroxyl groups is 2. The van der Waals surface area contributed by atoms with Gasteiger partial charge in [0.25, 0.3) is 0 Å². The number of ether oxygens (including phenoxy) is 3. The minimum absolute atomic E-state index is 0.0849. The molecular weight excluding hydrogens is 1580 g/mol. The van der Waals surface area contributed by atoms with Crippen LogP contribution in [0.3, 0.4) is 0 Å². The molecule has 16 nitrogen and oxygen atoms in total. The van der Waals surface area contributed by atoms with E-state index in [0.29, 0.717) is 19.3 Å². The number of phosphoric acid groups is 2. The predicted octanol–water partition coefficient (Wildman–Crippen LogP) is 30.8. The molecule has 0 heterocycles. The molecule has 0 aromatic carbocycles. The van der Waals surface area contributed by atoms with Gasteiger partial charge in [-0.25, -0.2) is 9.13 Å². The lowest BCUT2D eigenvalue weighted by Gasteiger charge is -2.21. The highest BCUT2D eigenvalue weighted by molar-refractivity contribution is 7.47. The van der Waals surface area contributed by atoms with E-state index in [-0.39, 0.29) is 19.3 Å². The first-order valence-electron chi connectivity index (χ1n) is 49.1. The van der Waals surface area contributed by atoms with Gasteiger partial charge in [-0.15, -0.1) is 0 Å². The third kappa shape index (κ3) is 97.1. The van der Waals surface area contributed by atoms with Crippen LogP contribution in [0.2, 0.25) is 0 Å². The molecule has 18 heteroatoms. The summed E-state index contributed by atoms with van der Waals surface area (Å²) in [5, 5.41) is 20.8. The Kier molecular flexibility index (Phi) is 91.6. The Morgan fingerprint density at radius 1 is 0.228 bits per heavy atom. The van der Waals surface area contributed by atoms with E-state index in [1.807, 2.05) is 0 Å². The first-order chi connectivity index (χ1) is 60.2. The fourth-order valence-electron chi connectivity index (χ4n) is 13.3. The molecule has 0 bridgehead atoms. The molecule has 0 aliphatic carbocycles. The van der Waals surface area contributed by atoms with E-state index in [1.54, 1.807) is 0 Å². The van der Waals surface area contributed by atoms with Crippen LogP contribution in [0.15, 0.2) is 182 Å². The number of rotatable bonds is 92. The van der Waals surface area contributed by atoms with Gasteiger partial charge in [0.2, 0.25) is 0 Å². The lowest BCUT2D eigenvalue weighted by molar-refractivity contribution is -0.161. The van der Waals surface area contributed by atoms with Gasteiger partial charge in [0.05, 0.1) is 26.4 Å². The van der Waals surface area contributed by atoms with Crippen LogP contribution in [0.5, 0.6) is 0 Å². The zero-order valence-electron chi connectivity index (χ0n) is 77.8. The Hall–Kier alpha value is -5.35. The summed E-state index contributed by atoms with van der Waals surface area (Å²) >= 11 is 0. The molecular formula is C105H178O16P2. The molecule has 0 spiro atoms. The van der Waals surface area contributed by atoms with Crippen LogP contribution in [-0.2, 0) is 55.8 Å².